The van der Waals surface area contributed by atoms with E-state index in [2.05, 4.69) is 26.1 Å². The van der Waals surface area contributed by atoms with E-state index in [1.165, 1.54) is 0 Å². The first-order valence-corrected chi connectivity index (χ1v) is 6.96. The summed E-state index contributed by atoms with van der Waals surface area (Å²) in [6.07, 6.45) is 5.22. The van der Waals surface area contributed by atoms with Crippen molar-refractivity contribution in [2.24, 2.45) is 0 Å². The number of aromatic nitrogens is 5. The number of thiophene rings is 1. The number of nitrogens with zero attached hydrogens (tertiary/aromatic N) is 5. The van der Waals surface area contributed by atoms with Crippen molar-refractivity contribution in [3.8, 4) is 22.0 Å². The van der Waals surface area contributed by atoms with Gasteiger partial charge in [0.2, 0.25) is 0 Å². The summed E-state index contributed by atoms with van der Waals surface area (Å²) < 4.78 is 1.78. The van der Waals surface area contributed by atoms with Crippen molar-refractivity contribution in [1.29, 1.82) is 0 Å². The zero-order valence-electron chi connectivity index (χ0n) is 10.3. The zero-order chi connectivity index (χ0) is 13.4. The van der Waals surface area contributed by atoms with Gasteiger partial charge < -0.3 is 0 Å². The van der Waals surface area contributed by atoms with Crippen LogP contribution in [0, 0.1) is 0 Å². The molecule has 96 valence electrons. The maximum atomic E-state index is 4.56. The lowest BCUT2D eigenvalue weighted by Gasteiger charge is -1.99. The highest BCUT2D eigenvalue weighted by Gasteiger charge is 2.11. The van der Waals surface area contributed by atoms with Crippen molar-refractivity contribution in [2.45, 2.75) is 0 Å². The predicted octanol–water partition coefficient (Wildman–Crippen LogP) is 2.91. The van der Waals surface area contributed by atoms with Crippen LogP contribution in [0.2, 0.25) is 0 Å². The molecule has 0 bridgehead atoms. The molecule has 0 radical (unpaired) electrons. The van der Waals surface area contributed by atoms with E-state index in [1.54, 1.807) is 34.4 Å². The lowest BCUT2D eigenvalue weighted by molar-refractivity contribution is 0.953. The Bertz CT molecular complexity index is 852. The van der Waals surface area contributed by atoms with E-state index in [-0.39, 0.29) is 0 Å². The molecule has 0 aliphatic heterocycles. The van der Waals surface area contributed by atoms with E-state index in [9.17, 15) is 0 Å². The summed E-state index contributed by atoms with van der Waals surface area (Å²) in [6, 6.07) is 9.81. The van der Waals surface area contributed by atoms with Gasteiger partial charge in [0.25, 0.3) is 5.78 Å². The minimum atomic E-state index is 0.600. The topological polar surface area (TPSA) is 56.0 Å². The Labute approximate surface area is 118 Å². The molecular formula is C14H9N5S. The van der Waals surface area contributed by atoms with Crippen LogP contribution in [-0.4, -0.2) is 24.6 Å². The SMILES string of the molecule is c1csc(-c2ccnc3nc(-c4ccncc4)nn23)c1. The van der Waals surface area contributed by atoms with Crippen LogP contribution in [0.5, 0.6) is 0 Å². The molecule has 6 heteroatoms. The fraction of sp³-hybridized carbons (Fsp3) is 0. The summed E-state index contributed by atoms with van der Waals surface area (Å²) >= 11 is 1.67. The van der Waals surface area contributed by atoms with Crippen LogP contribution in [0.15, 0.2) is 54.3 Å². The summed E-state index contributed by atoms with van der Waals surface area (Å²) in [5.74, 6) is 1.26. The van der Waals surface area contributed by atoms with Crippen molar-refractivity contribution in [1.82, 2.24) is 24.6 Å². The van der Waals surface area contributed by atoms with Crippen LogP contribution in [0.25, 0.3) is 27.7 Å². The maximum Gasteiger partial charge on any atom is 0.253 e. The summed E-state index contributed by atoms with van der Waals surface area (Å²) in [4.78, 5) is 13.9. The molecule has 0 atom stereocenters. The monoisotopic (exact) mass is 279 g/mol. The fourth-order valence-corrected chi connectivity index (χ4v) is 2.76. The predicted molar refractivity (Wildman–Crippen MR) is 77.3 cm³/mol. The van der Waals surface area contributed by atoms with Gasteiger partial charge in [-0.25, -0.2) is 4.98 Å². The lowest BCUT2D eigenvalue weighted by Crippen LogP contribution is -1.94. The number of hydrogen-bond acceptors (Lipinski definition) is 5. The van der Waals surface area contributed by atoms with Gasteiger partial charge in [-0.2, -0.15) is 9.50 Å². The minimum Gasteiger partial charge on any atom is -0.265 e. The van der Waals surface area contributed by atoms with Gasteiger partial charge in [-0.3, -0.25) is 4.98 Å². The Balaban J connectivity index is 1.94. The molecule has 5 nitrogen and oxygen atoms in total. The highest BCUT2D eigenvalue weighted by atomic mass is 32.1. The van der Waals surface area contributed by atoms with E-state index >= 15 is 0 Å². The average Bonchev–Trinajstić information content (AvgIpc) is 3.17. The Morgan fingerprint density at radius 2 is 1.90 bits per heavy atom. The van der Waals surface area contributed by atoms with Crippen molar-refractivity contribution in [3.63, 3.8) is 0 Å². The van der Waals surface area contributed by atoms with Crippen LogP contribution in [0.3, 0.4) is 0 Å². The molecule has 0 N–H and O–H groups in total. The van der Waals surface area contributed by atoms with Crippen molar-refractivity contribution < 1.29 is 0 Å². The first kappa shape index (κ1) is 11.2. The molecule has 0 aliphatic carbocycles. The van der Waals surface area contributed by atoms with E-state index in [4.69, 9.17) is 0 Å². The molecule has 0 unspecified atom stereocenters. The second-order valence-electron chi connectivity index (χ2n) is 4.19. The summed E-state index contributed by atoms with van der Waals surface area (Å²) in [5.41, 5.74) is 1.93. The zero-order valence-corrected chi connectivity index (χ0v) is 11.2. The molecule has 0 amide bonds. The van der Waals surface area contributed by atoms with Gasteiger partial charge in [0.05, 0.1) is 10.6 Å². The van der Waals surface area contributed by atoms with Crippen LogP contribution in [0.4, 0.5) is 0 Å². The van der Waals surface area contributed by atoms with Crippen LogP contribution < -0.4 is 0 Å². The molecular weight excluding hydrogens is 270 g/mol. The molecule has 0 aliphatic rings. The third kappa shape index (κ3) is 1.78. The third-order valence-electron chi connectivity index (χ3n) is 2.95. The minimum absolute atomic E-state index is 0.600. The second kappa shape index (κ2) is 4.50. The molecule has 4 aromatic rings. The number of hydrogen-bond donors (Lipinski definition) is 0. The average molecular weight is 279 g/mol. The summed E-state index contributed by atoms with van der Waals surface area (Å²) in [6.45, 7) is 0. The van der Waals surface area contributed by atoms with E-state index in [0.29, 0.717) is 11.6 Å². The van der Waals surface area contributed by atoms with Gasteiger partial charge in [-0.15, -0.1) is 16.4 Å². The Morgan fingerprint density at radius 1 is 1.00 bits per heavy atom. The maximum absolute atomic E-state index is 4.56. The number of pyridine rings is 1. The van der Waals surface area contributed by atoms with Gasteiger partial charge in [-0.1, -0.05) is 6.07 Å². The molecule has 0 saturated carbocycles. The molecule has 0 spiro atoms. The molecule has 20 heavy (non-hydrogen) atoms. The second-order valence-corrected chi connectivity index (χ2v) is 5.14. The fourth-order valence-electron chi connectivity index (χ4n) is 2.03. The summed E-state index contributed by atoms with van der Waals surface area (Å²) in [7, 11) is 0. The molecule has 4 aromatic heterocycles. The largest absolute Gasteiger partial charge is 0.265 e. The standard InChI is InChI=1S/C14H9N5S/c1-2-12(20-9-1)11-5-8-16-14-17-13(18-19(11)14)10-3-6-15-7-4-10/h1-9H. The van der Waals surface area contributed by atoms with Gasteiger partial charge in [-0.05, 0) is 29.6 Å². The molecule has 0 aromatic carbocycles. The van der Waals surface area contributed by atoms with Gasteiger partial charge in [0.15, 0.2) is 5.82 Å². The van der Waals surface area contributed by atoms with Crippen LogP contribution in [0.1, 0.15) is 0 Å². The smallest absolute Gasteiger partial charge is 0.253 e. The molecule has 0 saturated heterocycles. The van der Waals surface area contributed by atoms with Gasteiger partial charge >= 0.3 is 0 Å². The molecule has 0 fully saturated rings. The lowest BCUT2D eigenvalue weighted by atomic mass is 10.3. The van der Waals surface area contributed by atoms with E-state index in [1.807, 2.05) is 29.6 Å². The van der Waals surface area contributed by atoms with E-state index < -0.39 is 0 Å². The number of rotatable bonds is 2. The number of fused-ring (bicyclic) bond motifs is 1. The Hall–Kier alpha value is -2.60. The van der Waals surface area contributed by atoms with Gasteiger partial charge in [0, 0.05) is 24.2 Å². The van der Waals surface area contributed by atoms with Crippen molar-refractivity contribution in [2.75, 3.05) is 0 Å². The van der Waals surface area contributed by atoms with Crippen molar-refractivity contribution >= 4 is 17.1 Å². The van der Waals surface area contributed by atoms with Gasteiger partial charge in [0.1, 0.15) is 0 Å². The van der Waals surface area contributed by atoms with Crippen molar-refractivity contribution in [3.05, 3.63) is 54.3 Å². The Morgan fingerprint density at radius 3 is 2.70 bits per heavy atom. The Kier molecular flexibility index (Phi) is 2.53. The van der Waals surface area contributed by atoms with Crippen LogP contribution in [-0.2, 0) is 0 Å². The molecule has 4 heterocycles. The van der Waals surface area contributed by atoms with E-state index in [0.717, 1.165) is 16.1 Å². The third-order valence-corrected chi connectivity index (χ3v) is 3.85. The summed E-state index contributed by atoms with van der Waals surface area (Å²) in [5, 5.41) is 6.60. The normalized spacial score (nSPS) is 11.0. The highest BCUT2D eigenvalue weighted by Crippen LogP contribution is 2.25. The first-order valence-electron chi connectivity index (χ1n) is 6.08. The first-order chi connectivity index (χ1) is 9.92. The quantitative estimate of drug-likeness (QED) is 0.566. The molecule has 4 rings (SSSR count). The highest BCUT2D eigenvalue weighted by molar-refractivity contribution is 7.13. The van der Waals surface area contributed by atoms with Crippen LogP contribution >= 0.6 is 11.3 Å².